The van der Waals surface area contributed by atoms with Crippen LogP contribution in [0.15, 0.2) is 41.3 Å². The normalized spacial score (nSPS) is 10.9. The molecule has 8 heteroatoms. The number of sulfonamides is 1. The Bertz CT molecular complexity index is 845. The van der Waals surface area contributed by atoms with Crippen LogP contribution in [0, 0.1) is 23.0 Å². The van der Waals surface area contributed by atoms with Gasteiger partial charge in [-0.05, 0) is 24.3 Å². The SMILES string of the molecule is N#Cc1c(F)cccc1S(=O)(=O)Nc1cc(F)ccc1O. The second-order valence-corrected chi connectivity index (χ2v) is 5.64. The van der Waals surface area contributed by atoms with Crippen LogP contribution in [0.5, 0.6) is 5.75 Å². The molecule has 0 atom stereocenters. The number of benzene rings is 2. The van der Waals surface area contributed by atoms with Crippen molar-refractivity contribution in [2.24, 2.45) is 0 Å². The molecule has 0 aliphatic heterocycles. The van der Waals surface area contributed by atoms with Crippen molar-refractivity contribution in [2.45, 2.75) is 4.90 Å². The molecule has 0 unspecified atom stereocenters. The number of phenols is 1. The van der Waals surface area contributed by atoms with E-state index >= 15 is 0 Å². The van der Waals surface area contributed by atoms with E-state index in [4.69, 9.17) is 5.26 Å². The van der Waals surface area contributed by atoms with Crippen LogP contribution in [-0.4, -0.2) is 13.5 Å². The van der Waals surface area contributed by atoms with Gasteiger partial charge in [0, 0.05) is 6.07 Å². The summed E-state index contributed by atoms with van der Waals surface area (Å²) in [6.07, 6.45) is 0. The van der Waals surface area contributed by atoms with Gasteiger partial charge in [0.1, 0.15) is 33.9 Å². The molecule has 5 nitrogen and oxygen atoms in total. The van der Waals surface area contributed by atoms with Crippen molar-refractivity contribution >= 4 is 15.7 Å². The van der Waals surface area contributed by atoms with Gasteiger partial charge in [0.05, 0.1) is 5.69 Å². The summed E-state index contributed by atoms with van der Waals surface area (Å²) in [6, 6.07) is 7.21. The molecule has 2 aromatic carbocycles. The summed E-state index contributed by atoms with van der Waals surface area (Å²) in [4.78, 5) is -0.603. The number of hydrogen-bond donors (Lipinski definition) is 2. The lowest BCUT2D eigenvalue weighted by Gasteiger charge is -2.11. The largest absolute Gasteiger partial charge is 0.506 e. The second kappa shape index (κ2) is 5.38. The maximum absolute atomic E-state index is 13.4. The van der Waals surface area contributed by atoms with Crippen LogP contribution in [0.1, 0.15) is 5.56 Å². The number of halogens is 2. The average molecular weight is 310 g/mol. The highest BCUT2D eigenvalue weighted by atomic mass is 32.2. The van der Waals surface area contributed by atoms with Crippen LogP contribution < -0.4 is 4.72 Å². The molecule has 0 saturated carbocycles. The summed E-state index contributed by atoms with van der Waals surface area (Å²) in [5.41, 5.74) is -1.08. The van der Waals surface area contributed by atoms with Gasteiger partial charge in [0.25, 0.3) is 10.0 Å². The Morgan fingerprint density at radius 2 is 1.90 bits per heavy atom. The van der Waals surface area contributed by atoms with E-state index in [-0.39, 0.29) is 0 Å². The molecule has 21 heavy (non-hydrogen) atoms. The molecule has 0 aliphatic carbocycles. The van der Waals surface area contributed by atoms with Gasteiger partial charge in [0.2, 0.25) is 0 Å². The highest BCUT2D eigenvalue weighted by Crippen LogP contribution is 2.27. The minimum absolute atomic E-state index is 0.414. The molecule has 108 valence electrons. The van der Waals surface area contributed by atoms with E-state index in [1.807, 2.05) is 4.72 Å². The molecule has 0 fully saturated rings. The Morgan fingerprint density at radius 3 is 2.57 bits per heavy atom. The number of anilines is 1. The van der Waals surface area contributed by atoms with E-state index in [1.165, 1.54) is 6.07 Å². The number of rotatable bonds is 3. The molecule has 0 aromatic heterocycles. The molecule has 0 amide bonds. The van der Waals surface area contributed by atoms with E-state index < -0.39 is 43.6 Å². The van der Waals surface area contributed by atoms with Crippen LogP contribution in [0.2, 0.25) is 0 Å². The summed E-state index contributed by atoms with van der Waals surface area (Å²) in [6.45, 7) is 0. The van der Waals surface area contributed by atoms with Crippen molar-refractivity contribution in [1.82, 2.24) is 0 Å². The molecule has 2 N–H and O–H groups in total. The molecule has 0 radical (unpaired) electrons. The van der Waals surface area contributed by atoms with Crippen molar-refractivity contribution in [3.05, 3.63) is 53.6 Å². The fraction of sp³-hybridized carbons (Fsp3) is 0. The van der Waals surface area contributed by atoms with E-state index in [1.54, 1.807) is 0 Å². The summed E-state index contributed by atoms with van der Waals surface area (Å²) in [5.74, 6) is -2.27. The molecule has 0 bridgehead atoms. The maximum atomic E-state index is 13.4. The Labute approximate surface area is 119 Å². The highest BCUT2D eigenvalue weighted by Gasteiger charge is 2.22. The van der Waals surface area contributed by atoms with Gasteiger partial charge in [-0.2, -0.15) is 5.26 Å². The number of aromatic hydroxyl groups is 1. The van der Waals surface area contributed by atoms with Gasteiger partial charge in [-0.1, -0.05) is 6.07 Å². The molecular formula is C13H8F2N2O3S. The third kappa shape index (κ3) is 2.93. The Morgan fingerprint density at radius 1 is 1.19 bits per heavy atom. The predicted octanol–water partition coefficient (Wildman–Crippen LogP) is 2.34. The lowest BCUT2D eigenvalue weighted by molar-refractivity contribution is 0.475. The number of nitriles is 1. The number of nitrogens with zero attached hydrogens (tertiary/aromatic N) is 1. The van der Waals surface area contributed by atoms with Crippen LogP contribution in [0.4, 0.5) is 14.5 Å². The standard InChI is InChI=1S/C13H8F2N2O3S/c14-8-4-5-12(18)11(6-8)17-21(19,20)13-3-1-2-10(15)9(13)7-16/h1-6,17-18H. The van der Waals surface area contributed by atoms with Crippen molar-refractivity contribution in [2.75, 3.05) is 4.72 Å². The fourth-order valence-electron chi connectivity index (χ4n) is 1.63. The predicted molar refractivity (Wildman–Crippen MR) is 70.0 cm³/mol. The second-order valence-electron chi connectivity index (χ2n) is 3.99. The van der Waals surface area contributed by atoms with Crippen LogP contribution in [0.3, 0.4) is 0 Å². The number of hydrogen-bond acceptors (Lipinski definition) is 4. The molecule has 2 rings (SSSR count). The Balaban J connectivity index is 2.52. The number of nitrogens with one attached hydrogen (secondary N) is 1. The first-order valence-electron chi connectivity index (χ1n) is 5.55. The third-order valence-electron chi connectivity index (χ3n) is 2.58. The van der Waals surface area contributed by atoms with Crippen LogP contribution in [-0.2, 0) is 10.0 Å². The Hall–Kier alpha value is -2.66. The lowest BCUT2D eigenvalue weighted by atomic mass is 10.2. The third-order valence-corrected chi connectivity index (χ3v) is 3.99. The molecule has 0 saturated heterocycles. The average Bonchev–Trinajstić information content (AvgIpc) is 2.42. The van der Waals surface area contributed by atoms with E-state index in [9.17, 15) is 22.3 Å². The van der Waals surface area contributed by atoms with Gasteiger partial charge in [-0.15, -0.1) is 0 Å². The maximum Gasteiger partial charge on any atom is 0.263 e. The lowest BCUT2D eigenvalue weighted by Crippen LogP contribution is -2.15. The van der Waals surface area contributed by atoms with E-state index in [2.05, 4.69) is 0 Å². The van der Waals surface area contributed by atoms with Crippen LogP contribution >= 0.6 is 0 Å². The van der Waals surface area contributed by atoms with Crippen LogP contribution in [0.25, 0.3) is 0 Å². The first-order valence-corrected chi connectivity index (χ1v) is 7.03. The van der Waals surface area contributed by atoms with Gasteiger partial charge in [-0.3, -0.25) is 4.72 Å². The zero-order chi connectivity index (χ0) is 15.6. The number of phenolic OH excluding ortho intramolecular Hbond substituents is 1. The molecule has 2 aromatic rings. The first kappa shape index (κ1) is 14.7. The highest BCUT2D eigenvalue weighted by molar-refractivity contribution is 7.92. The van der Waals surface area contributed by atoms with E-state index in [0.717, 1.165) is 36.4 Å². The van der Waals surface area contributed by atoms with Crippen molar-refractivity contribution < 1.29 is 22.3 Å². The monoisotopic (exact) mass is 310 g/mol. The minimum Gasteiger partial charge on any atom is -0.506 e. The van der Waals surface area contributed by atoms with Crippen molar-refractivity contribution in [3.8, 4) is 11.8 Å². The fourth-order valence-corrected chi connectivity index (χ4v) is 2.86. The zero-order valence-corrected chi connectivity index (χ0v) is 11.2. The van der Waals surface area contributed by atoms with Crippen molar-refractivity contribution in [3.63, 3.8) is 0 Å². The van der Waals surface area contributed by atoms with Gasteiger partial charge < -0.3 is 5.11 Å². The topological polar surface area (TPSA) is 90.2 Å². The molecule has 0 aliphatic rings. The molecular weight excluding hydrogens is 302 g/mol. The first-order chi connectivity index (χ1) is 9.85. The van der Waals surface area contributed by atoms with Gasteiger partial charge >= 0.3 is 0 Å². The van der Waals surface area contributed by atoms with Gasteiger partial charge in [0.15, 0.2) is 0 Å². The molecule has 0 spiro atoms. The summed E-state index contributed by atoms with van der Waals surface area (Å²) >= 11 is 0. The van der Waals surface area contributed by atoms with E-state index in [0.29, 0.717) is 0 Å². The minimum atomic E-state index is -4.36. The van der Waals surface area contributed by atoms with Gasteiger partial charge in [-0.25, -0.2) is 17.2 Å². The zero-order valence-electron chi connectivity index (χ0n) is 10.3. The molecule has 0 heterocycles. The summed E-state index contributed by atoms with van der Waals surface area (Å²) < 4.78 is 52.7. The quantitative estimate of drug-likeness (QED) is 0.851. The smallest absolute Gasteiger partial charge is 0.263 e. The summed E-state index contributed by atoms with van der Waals surface area (Å²) in [7, 11) is -4.36. The summed E-state index contributed by atoms with van der Waals surface area (Å²) in [5, 5.41) is 18.3. The Kier molecular flexibility index (Phi) is 3.78. The van der Waals surface area contributed by atoms with Crippen molar-refractivity contribution in [1.29, 1.82) is 5.26 Å².